The van der Waals surface area contributed by atoms with Gasteiger partial charge in [0, 0.05) is 24.9 Å². The Morgan fingerprint density at radius 2 is 2.06 bits per heavy atom. The molecule has 0 spiro atoms. The zero-order valence-electron chi connectivity index (χ0n) is 10.7. The summed E-state index contributed by atoms with van der Waals surface area (Å²) in [6, 6.07) is 0.339. The van der Waals surface area contributed by atoms with Gasteiger partial charge >= 0.3 is 0 Å². The van der Waals surface area contributed by atoms with Crippen molar-refractivity contribution in [1.82, 2.24) is 24.3 Å². The molecule has 5 heteroatoms. The lowest BCUT2D eigenvalue weighted by Crippen LogP contribution is -2.13. The summed E-state index contributed by atoms with van der Waals surface area (Å²) < 4.78 is 4.10. The maximum Gasteiger partial charge on any atom is 0.147 e. The summed E-state index contributed by atoms with van der Waals surface area (Å²) in [6.07, 6.45) is 7.58. The Kier molecular flexibility index (Phi) is 3.56. The van der Waals surface area contributed by atoms with Crippen molar-refractivity contribution in [1.29, 1.82) is 0 Å². The lowest BCUT2D eigenvalue weighted by atomic mass is 10.3. The van der Waals surface area contributed by atoms with Crippen molar-refractivity contribution in [2.45, 2.75) is 46.2 Å². The van der Waals surface area contributed by atoms with E-state index in [0.29, 0.717) is 6.04 Å². The molecule has 0 aromatic carbocycles. The van der Waals surface area contributed by atoms with Gasteiger partial charge in [0.2, 0.25) is 0 Å². The van der Waals surface area contributed by atoms with Crippen LogP contribution in [0.25, 0.3) is 0 Å². The van der Waals surface area contributed by atoms with Gasteiger partial charge in [0.15, 0.2) is 0 Å². The summed E-state index contributed by atoms with van der Waals surface area (Å²) in [5.74, 6) is 2.10. The Morgan fingerprint density at radius 1 is 1.24 bits per heavy atom. The third kappa shape index (κ3) is 2.54. The third-order valence-corrected chi connectivity index (χ3v) is 2.72. The minimum atomic E-state index is 0.339. The van der Waals surface area contributed by atoms with Crippen molar-refractivity contribution in [3.05, 3.63) is 30.4 Å². The highest BCUT2D eigenvalue weighted by atomic mass is 15.4. The van der Waals surface area contributed by atoms with Crippen LogP contribution in [0.2, 0.25) is 0 Å². The fraction of sp³-hybridized carbons (Fsp3) is 0.583. The first-order valence-corrected chi connectivity index (χ1v) is 6.10. The minimum absolute atomic E-state index is 0.339. The zero-order valence-corrected chi connectivity index (χ0v) is 10.7. The molecule has 17 heavy (non-hydrogen) atoms. The SMILES string of the molecule is CCCc1nccn1Cc1ncnn1C(C)C. The van der Waals surface area contributed by atoms with E-state index >= 15 is 0 Å². The minimum Gasteiger partial charge on any atom is -0.327 e. The van der Waals surface area contributed by atoms with Crippen molar-refractivity contribution in [3.8, 4) is 0 Å². The first-order chi connectivity index (χ1) is 8.22. The standard InChI is InChI=1S/C12H19N5/c1-4-5-11-13-6-7-16(11)8-12-14-9-15-17(12)10(2)3/h6-7,9-10H,4-5,8H2,1-3H3. The molecule has 0 aliphatic carbocycles. The summed E-state index contributed by atoms with van der Waals surface area (Å²) >= 11 is 0. The van der Waals surface area contributed by atoms with Gasteiger partial charge in [0.25, 0.3) is 0 Å². The monoisotopic (exact) mass is 233 g/mol. The van der Waals surface area contributed by atoms with Gasteiger partial charge in [-0.05, 0) is 20.3 Å². The van der Waals surface area contributed by atoms with E-state index in [1.807, 2.05) is 17.1 Å². The number of rotatable bonds is 5. The highest BCUT2D eigenvalue weighted by Gasteiger charge is 2.10. The first kappa shape index (κ1) is 11.8. The molecule has 2 heterocycles. The molecule has 2 aromatic rings. The summed E-state index contributed by atoms with van der Waals surface area (Å²) in [4.78, 5) is 8.68. The van der Waals surface area contributed by atoms with Crippen molar-refractivity contribution in [2.24, 2.45) is 0 Å². The number of aromatic nitrogens is 5. The lowest BCUT2D eigenvalue weighted by Gasteiger charge is -2.11. The van der Waals surface area contributed by atoms with Crippen molar-refractivity contribution in [2.75, 3.05) is 0 Å². The van der Waals surface area contributed by atoms with E-state index in [1.165, 1.54) is 0 Å². The molecule has 0 bridgehead atoms. The second kappa shape index (κ2) is 5.12. The van der Waals surface area contributed by atoms with Crippen LogP contribution in [0.5, 0.6) is 0 Å². The molecule has 0 radical (unpaired) electrons. The highest BCUT2D eigenvalue weighted by molar-refractivity contribution is 4.97. The largest absolute Gasteiger partial charge is 0.327 e. The third-order valence-electron chi connectivity index (χ3n) is 2.72. The van der Waals surface area contributed by atoms with Crippen LogP contribution in [0.4, 0.5) is 0 Å². The summed E-state index contributed by atoms with van der Waals surface area (Å²) in [7, 11) is 0. The number of nitrogens with zero attached hydrogens (tertiary/aromatic N) is 5. The molecule has 2 rings (SSSR count). The van der Waals surface area contributed by atoms with E-state index in [4.69, 9.17) is 0 Å². The van der Waals surface area contributed by atoms with Crippen LogP contribution in [0, 0.1) is 0 Å². The molecule has 92 valence electrons. The van der Waals surface area contributed by atoms with E-state index in [0.717, 1.165) is 31.0 Å². The molecule has 0 unspecified atom stereocenters. The van der Waals surface area contributed by atoms with E-state index in [9.17, 15) is 0 Å². The number of aryl methyl sites for hydroxylation is 1. The van der Waals surface area contributed by atoms with Crippen LogP contribution in [-0.2, 0) is 13.0 Å². The Bertz CT molecular complexity index is 469. The van der Waals surface area contributed by atoms with Gasteiger partial charge in [-0.1, -0.05) is 6.92 Å². The van der Waals surface area contributed by atoms with Gasteiger partial charge in [-0.15, -0.1) is 0 Å². The molecule has 2 aromatic heterocycles. The number of hydrogen-bond donors (Lipinski definition) is 0. The van der Waals surface area contributed by atoms with Crippen LogP contribution in [0.1, 0.15) is 44.9 Å². The molecule has 0 amide bonds. The van der Waals surface area contributed by atoms with Crippen LogP contribution in [0.3, 0.4) is 0 Å². The Morgan fingerprint density at radius 3 is 2.76 bits per heavy atom. The number of hydrogen-bond acceptors (Lipinski definition) is 3. The Labute approximate surface area is 102 Å². The van der Waals surface area contributed by atoms with E-state index in [1.54, 1.807) is 6.33 Å². The average Bonchev–Trinajstić information content (AvgIpc) is 2.89. The van der Waals surface area contributed by atoms with Crippen LogP contribution in [-0.4, -0.2) is 24.3 Å². The predicted molar refractivity (Wildman–Crippen MR) is 65.7 cm³/mol. The fourth-order valence-electron chi connectivity index (χ4n) is 1.91. The highest BCUT2D eigenvalue weighted by Crippen LogP contribution is 2.09. The average molecular weight is 233 g/mol. The predicted octanol–water partition coefficient (Wildman–Crippen LogP) is 2.06. The summed E-state index contributed by atoms with van der Waals surface area (Å²) in [6.45, 7) is 7.13. The molecule has 5 nitrogen and oxygen atoms in total. The maximum absolute atomic E-state index is 4.37. The van der Waals surface area contributed by atoms with Crippen molar-refractivity contribution >= 4 is 0 Å². The molecule has 0 N–H and O–H groups in total. The van der Waals surface area contributed by atoms with Gasteiger partial charge in [-0.3, -0.25) is 0 Å². The molecular formula is C12H19N5. The Balaban J connectivity index is 2.19. The molecule has 0 aliphatic rings. The fourth-order valence-corrected chi connectivity index (χ4v) is 1.91. The molecule has 0 aliphatic heterocycles. The van der Waals surface area contributed by atoms with Crippen molar-refractivity contribution in [3.63, 3.8) is 0 Å². The van der Waals surface area contributed by atoms with Gasteiger partial charge < -0.3 is 4.57 Å². The quantitative estimate of drug-likeness (QED) is 0.794. The van der Waals surface area contributed by atoms with E-state index in [2.05, 4.69) is 40.4 Å². The second-order valence-corrected chi connectivity index (χ2v) is 4.44. The second-order valence-electron chi connectivity index (χ2n) is 4.44. The molecule has 0 fully saturated rings. The van der Waals surface area contributed by atoms with Gasteiger partial charge in [0.1, 0.15) is 18.0 Å². The molecular weight excluding hydrogens is 214 g/mol. The van der Waals surface area contributed by atoms with E-state index < -0.39 is 0 Å². The Hall–Kier alpha value is -1.65. The molecule has 0 atom stereocenters. The van der Waals surface area contributed by atoms with Crippen molar-refractivity contribution < 1.29 is 0 Å². The van der Waals surface area contributed by atoms with Gasteiger partial charge in [0.05, 0.1) is 6.54 Å². The lowest BCUT2D eigenvalue weighted by molar-refractivity contribution is 0.493. The number of imidazole rings is 1. The summed E-state index contributed by atoms with van der Waals surface area (Å²) in [5, 5.41) is 4.24. The topological polar surface area (TPSA) is 48.5 Å². The van der Waals surface area contributed by atoms with Crippen LogP contribution in [0.15, 0.2) is 18.7 Å². The van der Waals surface area contributed by atoms with E-state index in [-0.39, 0.29) is 0 Å². The smallest absolute Gasteiger partial charge is 0.147 e. The zero-order chi connectivity index (χ0) is 12.3. The molecule has 0 saturated carbocycles. The van der Waals surface area contributed by atoms with Gasteiger partial charge in [-0.2, -0.15) is 5.10 Å². The van der Waals surface area contributed by atoms with Gasteiger partial charge in [-0.25, -0.2) is 14.6 Å². The maximum atomic E-state index is 4.37. The normalized spacial score (nSPS) is 11.3. The first-order valence-electron chi connectivity index (χ1n) is 6.10. The molecule has 0 saturated heterocycles. The van der Waals surface area contributed by atoms with Crippen LogP contribution >= 0.6 is 0 Å². The van der Waals surface area contributed by atoms with Crippen LogP contribution < -0.4 is 0 Å². The summed E-state index contributed by atoms with van der Waals surface area (Å²) in [5.41, 5.74) is 0.